The number of carbonyl (C=O) groups excluding carboxylic acids is 1. The topological polar surface area (TPSA) is 50.7 Å². The van der Waals surface area contributed by atoms with E-state index in [0.29, 0.717) is 6.61 Å². The highest BCUT2D eigenvalue weighted by Crippen LogP contribution is 2.26. The SMILES string of the molecule is Cc1ccc(NC(=O)/C=N/OCc2c(C)c(C)c(C)c(C)c2C)cc1. The summed E-state index contributed by atoms with van der Waals surface area (Å²) in [5.74, 6) is -0.312. The summed E-state index contributed by atoms with van der Waals surface area (Å²) in [5.41, 5.74) is 9.34. The maximum atomic E-state index is 11.9. The highest BCUT2D eigenvalue weighted by Gasteiger charge is 2.12. The minimum atomic E-state index is -0.312. The van der Waals surface area contributed by atoms with E-state index < -0.39 is 0 Å². The Bertz CT molecular complexity index is 777. The van der Waals surface area contributed by atoms with Crippen molar-refractivity contribution in [3.05, 3.63) is 63.2 Å². The molecule has 0 spiro atoms. The van der Waals surface area contributed by atoms with Crippen molar-refractivity contribution >= 4 is 17.8 Å². The Kier molecular flexibility index (Phi) is 5.97. The minimum absolute atomic E-state index is 0.312. The summed E-state index contributed by atoms with van der Waals surface area (Å²) < 4.78 is 0. The molecular formula is C21H26N2O2. The predicted molar refractivity (Wildman–Crippen MR) is 103 cm³/mol. The molecule has 0 heterocycles. The van der Waals surface area contributed by atoms with Gasteiger partial charge >= 0.3 is 0 Å². The Labute approximate surface area is 149 Å². The number of amides is 1. The van der Waals surface area contributed by atoms with E-state index in [0.717, 1.165) is 16.8 Å². The van der Waals surface area contributed by atoms with Crippen LogP contribution in [0.1, 0.15) is 38.9 Å². The van der Waals surface area contributed by atoms with Gasteiger partial charge in [-0.05, 0) is 87.1 Å². The Hall–Kier alpha value is -2.62. The van der Waals surface area contributed by atoms with Crippen LogP contribution in [0.4, 0.5) is 5.69 Å². The highest BCUT2D eigenvalue weighted by molar-refractivity contribution is 6.31. The molecule has 0 bridgehead atoms. The summed E-state index contributed by atoms with van der Waals surface area (Å²) in [6, 6.07) is 7.59. The van der Waals surface area contributed by atoms with E-state index in [1.165, 1.54) is 34.0 Å². The van der Waals surface area contributed by atoms with Crippen LogP contribution in [-0.2, 0) is 16.2 Å². The van der Waals surface area contributed by atoms with Gasteiger partial charge in [-0.1, -0.05) is 22.9 Å². The van der Waals surface area contributed by atoms with Gasteiger partial charge in [-0.3, -0.25) is 4.79 Å². The van der Waals surface area contributed by atoms with E-state index >= 15 is 0 Å². The second-order valence-corrected chi connectivity index (χ2v) is 6.47. The van der Waals surface area contributed by atoms with Crippen LogP contribution in [0, 0.1) is 41.5 Å². The number of rotatable bonds is 5. The molecule has 0 aliphatic carbocycles. The van der Waals surface area contributed by atoms with Crippen molar-refractivity contribution < 1.29 is 9.63 Å². The monoisotopic (exact) mass is 338 g/mol. The standard InChI is InChI=1S/C21H26N2O2/c1-13-7-9-19(10-8-13)23-21(24)11-22-25-12-20-17(5)15(3)14(2)16(4)18(20)6/h7-11H,12H2,1-6H3,(H,23,24)/b22-11+. The van der Waals surface area contributed by atoms with Crippen LogP contribution in [0.2, 0.25) is 0 Å². The third-order valence-electron chi connectivity index (χ3n) is 4.93. The lowest BCUT2D eigenvalue weighted by Crippen LogP contribution is -2.12. The molecule has 0 saturated carbocycles. The second kappa shape index (κ2) is 7.97. The van der Waals surface area contributed by atoms with Gasteiger partial charge in [0.2, 0.25) is 0 Å². The molecule has 0 fully saturated rings. The molecule has 2 aromatic carbocycles. The van der Waals surface area contributed by atoms with Crippen LogP contribution in [0.3, 0.4) is 0 Å². The average molecular weight is 338 g/mol. The van der Waals surface area contributed by atoms with Crippen LogP contribution in [0.25, 0.3) is 0 Å². The smallest absolute Gasteiger partial charge is 0.270 e. The first-order valence-corrected chi connectivity index (χ1v) is 8.40. The number of hydrogen-bond acceptors (Lipinski definition) is 3. The molecule has 0 aliphatic heterocycles. The molecule has 0 atom stereocenters. The van der Waals surface area contributed by atoms with Crippen molar-refractivity contribution in [2.75, 3.05) is 5.32 Å². The van der Waals surface area contributed by atoms with E-state index in [1.807, 2.05) is 31.2 Å². The number of hydrogen-bond donors (Lipinski definition) is 1. The molecule has 2 aromatic rings. The van der Waals surface area contributed by atoms with E-state index in [1.54, 1.807) is 0 Å². The third-order valence-corrected chi connectivity index (χ3v) is 4.93. The van der Waals surface area contributed by atoms with Crippen molar-refractivity contribution in [2.45, 2.75) is 48.1 Å². The predicted octanol–water partition coefficient (Wildman–Crippen LogP) is 4.68. The summed E-state index contributed by atoms with van der Waals surface area (Å²) in [6.07, 6.45) is 1.17. The van der Waals surface area contributed by atoms with Crippen LogP contribution >= 0.6 is 0 Å². The Morgan fingerprint density at radius 1 is 0.920 bits per heavy atom. The Balaban J connectivity index is 1.97. The summed E-state index contributed by atoms with van der Waals surface area (Å²) in [7, 11) is 0. The van der Waals surface area contributed by atoms with Gasteiger partial charge in [-0.15, -0.1) is 0 Å². The lowest BCUT2D eigenvalue weighted by atomic mass is 9.90. The normalized spacial score (nSPS) is 11.0. The number of benzene rings is 2. The zero-order valence-electron chi connectivity index (χ0n) is 15.9. The maximum Gasteiger partial charge on any atom is 0.270 e. The number of anilines is 1. The minimum Gasteiger partial charge on any atom is -0.391 e. The lowest BCUT2D eigenvalue weighted by Gasteiger charge is -2.17. The second-order valence-electron chi connectivity index (χ2n) is 6.47. The van der Waals surface area contributed by atoms with E-state index in [-0.39, 0.29) is 5.91 Å². The van der Waals surface area contributed by atoms with Gasteiger partial charge in [0.1, 0.15) is 12.8 Å². The van der Waals surface area contributed by atoms with Gasteiger partial charge in [0, 0.05) is 5.69 Å². The first kappa shape index (κ1) is 18.7. The van der Waals surface area contributed by atoms with Crippen molar-refractivity contribution in [1.82, 2.24) is 0 Å². The first-order valence-electron chi connectivity index (χ1n) is 8.40. The number of nitrogens with one attached hydrogen (secondary N) is 1. The molecule has 1 N–H and O–H groups in total. The molecule has 25 heavy (non-hydrogen) atoms. The van der Waals surface area contributed by atoms with E-state index in [9.17, 15) is 4.79 Å². The van der Waals surface area contributed by atoms with Crippen molar-refractivity contribution in [3.63, 3.8) is 0 Å². The zero-order chi connectivity index (χ0) is 18.6. The van der Waals surface area contributed by atoms with E-state index in [2.05, 4.69) is 45.1 Å². The zero-order valence-corrected chi connectivity index (χ0v) is 15.9. The van der Waals surface area contributed by atoms with Crippen LogP contribution in [-0.4, -0.2) is 12.1 Å². The molecule has 0 radical (unpaired) electrons. The number of carbonyl (C=O) groups is 1. The van der Waals surface area contributed by atoms with Gasteiger partial charge in [0.05, 0.1) is 0 Å². The first-order chi connectivity index (χ1) is 11.8. The molecule has 1 amide bonds. The molecule has 0 saturated heterocycles. The number of nitrogens with zero attached hydrogens (tertiary/aromatic N) is 1. The van der Waals surface area contributed by atoms with Crippen LogP contribution < -0.4 is 5.32 Å². The van der Waals surface area contributed by atoms with Crippen molar-refractivity contribution in [3.8, 4) is 0 Å². The summed E-state index contributed by atoms with van der Waals surface area (Å²) >= 11 is 0. The van der Waals surface area contributed by atoms with Gasteiger partial charge in [0.15, 0.2) is 0 Å². The molecule has 0 aromatic heterocycles. The fraction of sp³-hybridized carbons (Fsp3) is 0.333. The van der Waals surface area contributed by atoms with Crippen molar-refractivity contribution in [2.24, 2.45) is 5.16 Å². The number of aryl methyl sites for hydroxylation is 1. The maximum absolute atomic E-state index is 11.9. The van der Waals surface area contributed by atoms with Crippen LogP contribution in [0.15, 0.2) is 29.4 Å². The molecule has 4 nitrogen and oxygen atoms in total. The highest BCUT2D eigenvalue weighted by atomic mass is 16.6. The average Bonchev–Trinajstić information content (AvgIpc) is 2.59. The fourth-order valence-corrected chi connectivity index (χ4v) is 2.79. The summed E-state index contributed by atoms with van der Waals surface area (Å²) in [6.45, 7) is 12.9. The Morgan fingerprint density at radius 2 is 1.44 bits per heavy atom. The van der Waals surface area contributed by atoms with Gasteiger partial charge < -0.3 is 10.2 Å². The number of oxime groups is 1. The van der Waals surface area contributed by atoms with E-state index in [4.69, 9.17) is 4.84 Å². The molecule has 132 valence electrons. The molecule has 0 aliphatic rings. The Morgan fingerprint density at radius 3 is 2.00 bits per heavy atom. The third kappa shape index (κ3) is 4.47. The molecule has 2 rings (SSSR count). The van der Waals surface area contributed by atoms with Gasteiger partial charge in [-0.2, -0.15) is 0 Å². The largest absolute Gasteiger partial charge is 0.391 e. The van der Waals surface area contributed by atoms with Crippen molar-refractivity contribution in [1.29, 1.82) is 0 Å². The quantitative estimate of drug-likeness (QED) is 0.636. The molecular weight excluding hydrogens is 312 g/mol. The van der Waals surface area contributed by atoms with Crippen LogP contribution in [0.5, 0.6) is 0 Å². The van der Waals surface area contributed by atoms with Gasteiger partial charge in [-0.25, -0.2) is 0 Å². The molecule has 4 heteroatoms. The molecule has 0 unspecified atom stereocenters. The van der Waals surface area contributed by atoms with Gasteiger partial charge in [0.25, 0.3) is 5.91 Å². The summed E-state index contributed by atoms with van der Waals surface area (Å²) in [4.78, 5) is 17.2. The summed E-state index contributed by atoms with van der Waals surface area (Å²) in [5, 5.41) is 6.56. The fourth-order valence-electron chi connectivity index (χ4n) is 2.79. The lowest BCUT2D eigenvalue weighted by molar-refractivity contribution is -0.110.